The van der Waals surface area contributed by atoms with Crippen molar-refractivity contribution in [3.05, 3.63) is 34.3 Å². The monoisotopic (exact) mass is 299 g/mol. The summed E-state index contributed by atoms with van der Waals surface area (Å²) >= 11 is 3.32. The minimum absolute atomic E-state index is 0.154. The van der Waals surface area contributed by atoms with Crippen molar-refractivity contribution in [2.75, 3.05) is 6.54 Å². The first-order valence-corrected chi connectivity index (χ1v) is 6.00. The number of carboxylic acids is 1. The zero-order valence-electron chi connectivity index (χ0n) is 9.44. The van der Waals surface area contributed by atoms with Crippen LogP contribution in [0.3, 0.4) is 0 Å². The summed E-state index contributed by atoms with van der Waals surface area (Å²) in [7, 11) is 0. The quantitative estimate of drug-likeness (QED) is 0.872. The maximum absolute atomic E-state index is 11.0. The van der Waals surface area contributed by atoms with E-state index >= 15 is 0 Å². The number of carbonyl (C=O) groups is 2. The molecule has 0 heterocycles. The number of rotatable bonds is 5. The summed E-state index contributed by atoms with van der Waals surface area (Å²) in [6.07, 6.45) is 0.406. The second kappa shape index (κ2) is 6.39. The van der Waals surface area contributed by atoms with E-state index in [1.54, 1.807) is 0 Å². The molecule has 1 unspecified atom stereocenters. The lowest BCUT2D eigenvalue weighted by molar-refractivity contribution is -0.141. The predicted octanol–water partition coefficient (Wildman–Crippen LogP) is 1.83. The molecule has 0 saturated carbocycles. The molecule has 0 aliphatic rings. The van der Waals surface area contributed by atoms with Crippen LogP contribution in [-0.2, 0) is 16.0 Å². The Labute approximate surface area is 108 Å². The van der Waals surface area contributed by atoms with Gasteiger partial charge in [0.15, 0.2) is 0 Å². The standard InChI is InChI=1S/C12H14BrNO3/c1-8(15)14-7-10(12(16)17)6-9-2-4-11(13)5-3-9/h2-5,10H,6-7H2,1H3,(H,14,15)(H,16,17). The van der Waals surface area contributed by atoms with Crippen molar-refractivity contribution in [2.45, 2.75) is 13.3 Å². The molecule has 4 nitrogen and oxygen atoms in total. The lowest BCUT2D eigenvalue weighted by Gasteiger charge is -2.12. The Hall–Kier alpha value is -1.36. The number of carboxylic acid groups (broad SMARTS) is 1. The molecule has 2 N–H and O–H groups in total. The smallest absolute Gasteiger partial charge is 0.308 e. The number of aliphatic carboxylic acids is 1. The van der Waals surface area contributed by atoms with Gasteiger partial charge in [0.25, 0.3) is 0 Å². The first-order chi connectivity index (χ1) is 7.99. The molecule has 0 bridgehead atoms. The van der Waals surface area contributed by atoms with Crippen LogP contribution < -0.4 is 5.32 Å². The molecule has 1 aromatic carbocycles. The third-order valence-electron chi connectivity index (χ3n) is 2.34. The molecule has 0 aromatic heterocycles. The highest BCUT2D eigenvalue weighted by Crippen LogP contribution is 2.14. The number of halogens is 1. The minimum Gasteiger partial charge on any atom is -0.481 e. The molecule has 17 heavy (non-hydrogen) atoms. The molecule has 0 aliphatic heterocycles. The number of nitrogens with one attached hydrogen (secondary N) is 1. The van der Waals surface area contributed by atoms with Gasteiger partial charge in [-0.2, -0.15) is 0 Å². The molecule has 5 heteroatoms. The average Bonchev–Trinajstić information content (AvgIpc) is 2.26. The third-order valence-corrected chi connectivity index (χ3v) is 2.87. The Morgan fingerprint density at radius 3 is 2.41 bits per heavy atom. The maximum atomic E-state index is 11.0. The first kappa shape index (κ1) is 13.7. The van der Waals surface area contributed by atoms with Gasteiger partial charge < -0.3 is 10.4 Å². The summed E-state index contributed by atoms with van der Waals surface area (Å²) in [4.78, 5) is 21.8. The number of hydrogen-bond donors (Lipinski definition) is 2. The number of hydrogen-bond acceptors (Lipinski definition) is 2. The van der Waals surface area contributed by atoms with Crippen LogP contribution in [-0.4, -0.2) is 23.5 Å². The van der Waals surface area contributed by atoms with Gasteiger partial charge in [-0.15, -0.1) is 0 Å². The van der Waals surface area contributed by atoms with Crippen molar-refractivity contribution < 1.29 is 14.7 Å². The molecule has 0 aliphatic carbocycles. The molecule has 1 aromatic rings. The molecule has 0 saturated heterocycles. The second-order valence-corrected chi connectivity index (χ2v) is 4.72. The van der Waals surface area contributed by atoms with Crippen molar-refractivity contribution in [1.82, 2.24) is 5.32 Å². The molecule has 0 fully saturated rings. The van der Waals surface area contributed by atoms with E-state index in [1.807, 2.05) is 24.3 Å². The van der Waals surface area contributed by atoms with Gasteiger partial charge in [-0.05, 0) is 24.1 Å². The van der Waals surface area contributed by atoms with E-state index in [2.05, 4.69) is 21.2 Å². The van der Waals surface area contributed by atoms with Gasteiger partial charge in [-0.3, -0.25) is 9.59 Å². The Balaban J connectivity index is 2.63. The van der Waals surface area contributed by atoms with Crippen molar-refractivity contribution in [1.29, 1.82) is 0 Å². The summed E-state index contributed by atoms with van der Waals surface area (Å²) < 4.78 is 0.954. The van der Waals surface area contributed by atoms with Crippen LogP contribution >= 0.6 is 15.9 Å². The molecular formula is C12H14BrNO3. The van der Waals surface area contributed by atoms with E-state index in [-0.39, 0.29) is 12.5 Å². The van der Waals surface area contributed by atoms with E-state index in [9.17, 15) is 9.59 Å². The van der Waals surface area contributed by atoms with Gasteiger partial charge in [0.05, 0.1) is 5.92 Å². The second-order valence-electron chi connectivity index (χ2n) is 3.80. The highest BCUT2D eigenvalue weighted by atomic mass is 79.9. The predicted molar refractivity (Wildman–Crippen MR) is 67.7 cm³/mol. The summed E-state index contributed by atoms with van der Waals surface area (Å²) in [6, 6.07) is 7.47. The molecule has 0 spiro atoms. The molecule has 1 rings (SSSR count). The van der Waals surface area contributed by atoms with Crippen LogP contribution in [0.15, 0.2) is 28.7 Å². The van der Waals surface area contributed by atoms with Crippen LogP contribution in [0.25, 0.3) is 0 Å². The van der Waals surface area contributed by atoms with Crippen LogP contribution in [0, 0.1) is 5.92 Å². The minimum atomic E-state index is -0.901. The number of benzene rings is 1. The fraction of sp³-hybridized carbons (Fsp3) is 0.333. The Kier molecular flexibility index (Phi) is 5.15. The fourth-order valence-electron chi connectivity index (χ4n) is 1.42. The third kappa shape index (κ3) is 4.99. The molecule has 1 amide bonds. The van der Waals surface area contributed by atoms with E-state index in [0.29, 0.717) is 6.42 Å². The van der Waals surface area contributed by atoms with Gasteiger partial charge in [-0.25, -0.2) is 0 Å². The van der Waals surface area contributed by atoms with Gasteiger partial charge >= 0.3 is 5.97 Å². The topological polar surface area (TPSA) is 66.4 Å². The number of carbonyl (C=O) groups excluding carboxylic acids is 1. The molecule has 1 atom stereocenters. The van der Waals surface area contributed by atoms with E-state index in [0.717, 1.165) is 10.0 Å². The lowest BCUT2D eigenvalue weighted by Crippen LogP contribution is -2.32. The normalized spacial score (nSPS) is 11.9. The summed E-state index contributed by atoms with van der Waals surface area (Å²) in [5.74, 6) is -1.71. The van der Waals surface area contributed by atoms with Crippen molar-refractivity contribution in [3.63, 3.8) is 0 Å². The van der Waals surface area contributed by atoms with Crippen LogP contribution in [0.1, 0.15) is 12.5 Å². The van der Waals surface area contributed by atoms with Crippen LogP contribution in [0.2, 0.25) is 0 Å². The van der Waals surface area contributed by atoms with Gasteiger partial charge in [-0.1, -0.05) is 28.1 Å². The SMILES string of the molecule is CC(=O)NCC(Cc1ccc(Br)cc1)C(=O)O. The van der Waals surface area contributed by atoms with E-state index < -0.39 is 11.9 Å². The van der Waals surface area contributed by atoms with Gasteiger partial charge in [0.1, 0.15) is 0 Å². The Morgan fingerprint density at radius 1 is 1.35 bits per heavy atom. The van der Waals surface area contributed by atoms with Crippen LogP contribution in [0.4, 0.5) is 0 Å². The van der Waals surface area contributed by atoms with E-state index in [4.69, 9.17) is 5.11 Å². The van der Waals surface area contributed by atoms with Crippen molar-refractivity contribution >= 4 is 27.8 Å². The highest BCUT2D eigenvalue weighted by Gasteiger charge is 2.18. The lowest BCUT2D eigenvalue weighted by atomic mass is 9.99. The fourth-order valence-corrected chi connectivity index (χ4v) is 1.68. The summed E-state index contributed by atoms with van der Waals surface area (Å²) in [5, 5.41) is 11.6. The zero-order chi connectivity index (χ0) is 12.8. The highest BCUT2D eigenvalue weighted by molar-refractivity contribution is 9.10. The average molecular weight is 300 g/mol. The molecular weight excluding hydrogens is 286 g/mol. The zero-order valence-corrected chi connectivity index (χ0v) is 11.0. The van der Waals surface area contributed by atoms with Gasteiger partial charge in [0, 0.05) is 17.9 Å². The largest absolute Gasteiger partial charge is 0.481 e. The molecule has 92 valence electrons. The number of amides is 1. The first-order valence-electron chi connectivity index (χ1n) is 5.20. The van der Waals surface area contributed by atoms with E-state index in [1.165, 1.54) is 6.92 Å². The van der Waals surface area contributed by atoms with Crippen LogP contribution in [0.5, 0.6) is 0 Å². The van der Waals surface area contributed by atoms with Crippen molar-refractivity contribution in [3.8, 4) is 0 Å². The van der Waals surface area contributed by atoms with Crippen molar-refractivity contribution in [2.24, 2.45) is 5.92 Å². The Morgan fingerprint density at radius 2 is 1.94 bits per heavy atom. The molecule has 0 radical (unpaired) electrons. The Bertz CT molecular complexity index is 403. The summed E-state index contributed by atoms with van der Waals surface area (Å²) in [5.41, 5.74) is 0.936. The summed E-state index contributed by atoms with van der Waals surface area (Å²) in [6.45, 7) is 1.53. The van der Waals surface area contributed by atoms with Gasteiger partial charge in [0.2, 0.25) is 5.91 Å². The maximum Gasteiger partial charge on any atom is 0.308 e.